The standard InChI is InChI=1S/C22H30N4O2/c1-4-28-20-14-17(2)10-11-19(20)16-26-22(23-3)24-13-12-21(27)25-15-18-8-6-5-7-9-18/h5-11,14H,4,12-13,15-16H2,1-3H3,(H,25,27)(H2,23,24,26). The van der Waals surface area contributed by atoms with E-state index in [1.807, 2.05) is 50.2 Å². The van der Waals surface area contributed by atoms with Gasteiger partial charge in [-0.1, -0.05) is 42.5 Å². The van der Waals surface area contributed by atoms with Crippen molar-refractivity contribution in [1.82, 2.24) is 16.0 Å². The summed E-state index contributed by atoms with van der Waals surface area (Å²) in [7, 11) is 1.71. The minimum absolute atomic E-state index is 0.00368. The van der Waals surface area contributed by atoms with Gasteiger partial charge in [-0.2, -0.15) is 0 Å². The van der Waals surface area contributed by atoms with Crippen molar-refractivity contribution in [2.45, 2.75) is 33.4 Å². The highest BCUT2D eigenvalue weighted by Gasteiger charge is 2.06. The van der Waals surface area contributed by atoms with Gasteiger partial charge in [-0.25, -0.2) is 0 Å². The second kappa shape index (κ2) is 11.6. The van der Waals surface area contributed by atoms with Crippen LogP contribution < -0.4 is 20.7 Å². The number of nitrogens with zero attached hydrogens (tertiary/aromatic N) is 1. The van der Waals surface area contributed by atoms with Crippen molar-refractivity contribution >= 4 is 11.9 Å². The van der Waals surface area contributed by atoms with Gasteiger partial charge in [-0.05, 0) is 31.0 Å². The molecule has 0 fully saturated rings. The lowest BCUT2D eigenvalue weighted by Crippen LogP contribution is -2.39. The zero-order chi connectivity index (χ0) is 20.2. The lowest BCUT2D eigenvalue weighted by molar-refractivity contribution is -0.121. The molecule has 0 aliphatic heterocycles. The van der Waals surface area contributed by atoms with Gasteiger partial charge in [0, 0.05) is 38.7 Å². The summed E-state index contributed by atoms with van der Waals surface area (Å²) in [4.78, 5) is 16.2. The smallest absolute Gasteiger partial charge is 0.222 e. The van der Waals surface area contributed by atoms with E-state index in [1.54, 1.807) is 7.05 Å². The molecule has 3 N–H and O–H groups in total. The third-order valence-corrected chi connectivity index (χ3v) is 4.17. The van der Waals surface area contributed by atoms with Crippen LogP contribution in [-0.4, -0.2) is 32.1 Å². The fraction of sp³-hybridized carbons (Fsp3) is 0.364. The fourth-order valence-corrected chi connectivity index (χ4v) is 2.68. The summed E-state index contributed by atoms with van der Waals surface area (Å²) in [6, 6.07) is 16.0. The van der Waals surface area contributed by atoms with E-state index in [-0.39, 0.29) is 5.91 Å². The average molecular weight is 383 g/mol. The van der Waals surface area contributed by atoms with E-state index in [9.17, 15) is 4.79 Å². The zero-order valence-electron chi connectivity index (χ0n) is 16.9. The van der Waals surface area contributed by atoms with E-state index >= 15 is 0 Å². The Morgan fingerprint density at radius 3 is 2.54 bits per heavy atom. The first-order valence-electron chi connectivity index (χ1n) is 9.59. The molecule has 0 saturated heterocycles. The Morgan fingerprint density at radius 1 is 1.04 bits per heavy atom. The normalized spacial score (nSPS) is 11.0. The third kappa shape index (κ3) is 7.31. The van der Waals surface area contributed by atoms with Crippen molar-refractivity contribution in [1.29, 1.82) is 0 Å². The number of rotatable bonds is 9. The summed E-state index contributed by atoms with van der Waals surface area (Å²) in [5.41, 5.74) is 3.32. The average Bonchev–Trinajstić information content (AvgIpc) is 2.71. The summed E-state index contributed by atoms with van der Waals surface area (Å²) < 4.78 is 5.71. The molecule has 150 valence electrons. The Morgan fingerprint density at radius 2 is 1.82 bits per heavy atom. The maximum Gasteiger partial charge on any atom is 0.222 e. The van der Waals surface area contributed by atoms with Crippen molar-refractivity contribution < 1.29 is 9.53 Å². The first kappa shape index (κ1) is 21.3. The van der Waals surface area contributed by atoms with Crippen molar-refractivity contribution in [3.63, 3.8) is 0 Å². The number of aliphatic imine (C=N–C) groups is 1. The van der Waals surface area contributed by atoms with E-state index in [1.165, 1.54) is 0 Å². The number of aryl methyl sites for hydroxylation is 1. The Bertz CT molecular complexity index is 775. The molecule has 28 heavy (non-hydrogen) atoms. The molecule has 0 aliphatic carbocycles. The van der Waals surface area contributed by atoms with Crippen LogP contribution in [0.3, 0.4) is 0 Å². The number of hydrogen-bond donors (Lipinski definition) is 3. The Kier molecular flexibility index (Phi) is 8.85. The van der Waals surface area contributed by atoms with Gasteiger partial charge in [0.2, 0.25) is 5.91 Å². The lowest BCUT2D eigenvalue weighted by Gasteiger charge is -2.15. The summed E-state index contributed by atoms with van der Waals surface area (Å²) in [5, 5.41) is 9.35. The summed E-state index contributed by atoms with van der Waals surface area (Å²) in [6.07, 6.45) is 0.377. The second-order valence-electron chi connectivity index (χ2n) is 6.41. The monoisotopic (exact) mass is 382 g/mol. The van der Waals surface area contributed by atoms with Crippen LogP contribution in [0.2, 0.25) is 0 Å². The minimum atomic E-state index is 0.00368. The highest BCUT2D eigenvalue weighted by molar-refractivity contribution is 5.81. The summed E-state index contributed by atoms with van der Waals surface area (Å²) >= 11 is 0. The van der Waals surface area contributed by atoms with Gasteiger partial charge >= 0.3 is 0 Å². The van der Waals surface area contributed by atoms with Gasteiger partial charge < -0.3 is 20.7 Å². The summed E-state index contributed by atoms with van der Waals surface area (Å²) in [6.45, 7) is 6.29. The van der Waals surface area contributed by atoms with E-state index in [0.29, 0.717) is 38.6 Å². The van der Waals surface area contributed by atoms with Crippen molar-refractivity contribution in [2.75, 3.05) is 20.2 Å². The molecular formula is C22H30N4O2. The van der Waals surface area contributed by atoms with Crippen LogP contribution >= 0.6 is 0 Å². The number of carbonyl (C=O) groups excluding carboxylic acids is 1. The van der Waals surface area contributed by atoms with Gasteiger partial charge in [-0.3, -0.25) is 9.79 Å². The zero-order valence-corrected chi connectivity index (χ0v) is 16.9. The highest BCUT2D eigenvalue weighted by atomic mass is 16.5. The number of carbonyl (C=O) groups is 1. The molecule has 0 atom stereocenters. The predicted molar refractivity (Wildman–Crippen MR) is 113 cm³/mol. The van der Waals surface area contributed by atoms with Gasteiger partial charge in [0.1, 0.15) is 5.75 Å². The lowest BCUT2D eigenvalue weighted by atomic mass is 10.1. The minimum Gasteiger partial charge on any atom is -0.494 e. The molecule has 0 radical (unpaired) electrons. The van der Waals surface area contributed by atoms with Crippen LogP contribution in [0.15, 0.2) is 53.5 Å². The molecule has 0 heterocycles. The SMILES string of the molecule is CCOc1cc(C)ccc1CNC(=NC)NCCC(=O)NCc1ccccc1. The number of guanidine groups is 1. The van der Waals surface area contributed by atoms with Crippen LogP contribution in [0.5, 0.6) is 5.75 Å². The van der Waals surface area contributed by atoms with Gasteiger partial charge in [0.05, 0.1) is 6.61 Å². The van der Waals surface area contributed by atoms with E-state index in [2.05, 4.69) is 33.1 Å². The maximum absolute atomic E-state index is 12.0. The Balaban J connectivity index is 1.73. The van der Waals surface area contributed by atoms with Crippen LogP contribution in [0.4, 0.5) is 0 Å². The van der Waals surface area contributed by atoms with E-state index < -0.39 is 0 Å². The molecular weight excluding hydrogens is 352 g/mol. The van der Waals surface area contributed by atoms with Crippen LogP contribution in [0.1, 0.15) is 30.0 Å². The Hall–Kier alpha value is -3.02. The molecule has 2 aromatic carbocycles. The van der Waals surface area contributed by atoms with E-state index in [0.717, 1.165) is 22.4 Å². The maximum atomic E-state index is 12.0. The molecule has 0 unspecified atom stereocenters. The first-order chi connectivity index (χ1) is 13.6. The second-order valence-corrected chi connectivity index (χ2v) is 6.41. The van der Waals surface area contributed by atoms with Crippen molar-refractivity contribution in [3.05, 3.63) is 65.2 Å². The molecule has 0 aliphatic rings. The van der Waals surface area contributed by atoms with Crippen LogP contribution in [-0.2, 0) is 17.9 Å². The van der Waals surface area contributed by atoms with Crippen LogP contribution in [0.25, 0.3) is 0 Å². The topological polar surface area (TPSA) is 74.8 Å². The molecule has 2 aromatic rings. The van der Waals surface area contributed by atoms with Crippen LogP contribution in [0, 0.1) is 6.92 Å². The van der Waals surface area contributed by atoms with Gasteiger partial charge in [0.25, 0.3) is 0 Å². The van der Waals surface area contributed by atoms with Gasteiger partial charge in [-0.15, -0.1) is 0 Å². The third-order valence-electron chi connectivity index (χ3n) is 4.17. The van der Waals surface area contributed by atoms with Gasteiger partial charge in [0.15, 0.2) is 5.96 Å². The molecule has 0 bridgehead atoms. The largest absolute Gasteiger partial charge is 0.494 e. The molecule has 0 saturated carbocycles. The quantitative estimate of drug-likeness (QED) is 0.461. The highest BCUT2D eigenvalue weighted by Crippen LogP contribution is 2.20. The number of hydrogen-bond acceptors (Lipinski definition) is 3. The molecule has 2 rings (SSSR count). The molecule has 0 spiro atoms. The molecule has 6 nitrogen and oxygen atoms in total. The molecule has 1 amide bonds. The number of amides is 1. The fourth-order valence-electron chi connectivity index (χ4n) is 2.68. The molecule has 6 heteroatoms. The number of nitrogens with one attached hydrogen (secondary N) is 3. The Labute approximate surface area is 167 Å². The van der Waals surface area contributed by atoms with Crippen molar-refractivity contribution in [3.8, 4) is 5.75 Å². The molecule has 0 aromatic heterocycles. The number of ether oxygens (including phenoxy) is 1. The first-order valence-corrected chi connectivity index (χ1v) is 9.59. The predicted octanol–water partition coefficient (Wildman–Crippen LogP) is 2.77. The summed E-state index contributed by atoms with van der Waals surface area (Å²) in [5.74, 6) is 1.54. The van der Waals surface area contributed by atoms with E-state index in [4.69, 9.17) is 4.74 Å². The number of benzene rings is 2. The van der Waals surface area contributed by atoms with Crippen molar-refractivity contribution in [2.24, 2.45) is 4.99 Å².